The molecule has 1 aliphatic heterocycles. The van der Waals surface area contributed by atoms with Crippen LogP contribution in [-0.2, 0) is 51.2 Å². The van der Waals surface area contributed by atoms with Crippen LogP contribution in [-0.4, -0.2) is 136 Å². The molecule has 0 aromatic rings. The molecule has 0 spiro atoms. The van der Waals surface area contributed by atoms with Crippen molar-refractivity contribution in [2.75, 3.05) is 26.3 Å². The van der Waals surface area contributed by atoms with Gasteiger partial charge in [0.05, 0.1) is 0 Å². The fourth-order valence-corrected chi connectivity index (χ4v) is 12.2. The molecule has 12 atom stereocenters. The van der Waals surface area contributed by atoms with Gasteiger partial charge in [-0.3, -0.25) is 0 Å². The SMILES string of the molecule is CCN1CC[N-]C1.O.OC(O)C1CCC(C(O)O)C2CCCCC12.OC(O)C1CCC(C(O)O)C2CCCCC12.OC(O)C1CCC(C(O)O)C2CCCCC12.[Mn].[Mn].[Mn]. The number of fused-ring (bicyclic) bond motifs is 3. The second-order valence-electron chi connectivity index (χ2n) is 17.8. The summed E-state index contributed by atoms with van der Waals surface area (Å²) in [5.74, 6) is 1.14. The number of hydrogen-bond donors (Lipinski definition) is 12. The molecule has 6 saturated carbocycles. The van der Waals surface area contributed by atoms with E-state index in [1.54, 1.807) is 0 Å². The minimum absolute atomic E-state index is 0. The van der Waals surface area contributed by atoms with Crippen LogP contribution in [0.15, 0.2) is 0 Å². The van der Waals surface area contributed by atoms with Crippen LogP contribution in [0.1, 0.15) is 122 Å². The summed E-state index contributed by atoms with van der Waals surface area (Å²) in [6.45, 7) is 6.52. The Morgan fingerprint density at radius 3 is 0.712 bits per heavy atom. The van der Waals surface area contributed by atoms with Crippen LogP contribution in [0.2, 0.25) is 0 Å². The van der Waals surface area contributed by atoms with Gasteiger partial charge in [0.15, 0.2) is 37.7 Å². The predicted octanol–water partition coefficient (Wildman–Crippen LogP) is 1.14. The standard InChI is InChI=1S/3C12H22O4.C5H11N2.3Mn.H2O/c3*13-11(14)9-5-6-10(12(15)16)8-4-2-1-3-7(8)9;1-2-7-4-3-6-5-7;;;;/h3*7-16H,1-6H2;2-5H2,1H3;;;;1H2/q;;;-1;;;;. The second-order valence-corrected chi connectivity index (χ2v) is 17.8. The van der Waals surface area contributed by atoms with Crippen LogP contribution < -0.4 is 0 Å². The molecule has 0 amide bonds. The van der Waals surface area contributed by atoms with Crippen molar-refractivity contribution < 1.29 is 118 Å². The Bertz CT molecular complexity index is 880. The van der Waals surface area contributed by atoms with Crippen molar-refractivity contribution in [1.29, 1.82) is 0 Å². The number of nitrogens with zero attached hydrogens (tertiary/aromatic N) is 2. The van der Waals surface area contributed by atoms with Crippen molar-refractivity contribution in [3.05, 3.63) is 5.32 Å². The number of aliphatic hydroxyl groups excluding tert-OH is 6. The summed E-state index contributed by atoms with van der Waals surface area (Å²) in [5, 5.41) is 117. The molecule has 0 aromatic heterocycles. The summed E-state index contributed by atoms with van der Waals surface area (Å²) >= 11 is 0. The summed E-state index contributed by atoms with van der Waals surface area (Å²) in [6, 6.07) is 0. The van der Waals surface area contributed by atoms with E-state index in [4.69, 9.17) is 0 Å². The topological polar surface area (TPSA) is 292 Å². The molecule has 18 heteroatoms. The van der Waals surface area contributed by atoms with E-state index in [9.17, 15) is 61.3 Å². The largest absolute Gasteiger partial charge is 0.649 e. The Hall–Kier alpha value is 0.958. The van der Waals surface area contributed by atoms with E-state index in [1.165, 1.54) is 6.54 Å². The maximum absolute atomic E-state index is 9.37. The van der Waals surface area contributed by atoms with Gasteiger partial charge in [-0.1, -0.05) is 52.1 Å². The van der Waals surface area contributed by atoms with Gasteiger partial charge in [-0.2, -0.15) is 0 Å². The third kappa shape index (κ3) is 17.0. The molecule has 3 radical (unpaired) electrons. The summed E-state index contributed by atoms with van der Waals surface area (Å²) in [6.07, 6.45) is 9.41. The molecule has 1 heterocycles. The predicted molar refractivity (Wildman–Crippen MR) is 208 cm³/mol. The van der Waals surface area contributed by atoms with Crippen molar-refractivity contribution in [2.24, 2.45) is 71.0 Å². The molecule has 0 bridgehead atoms. The summed E-state index contributed by atoms with van der Waals surface area (Å²) < 4.78 is 0. The normalized spacial score (nSPS) is 35.4. The molecule has 0 aromatic carbocycles. The number of likely N-dealkylation sites (N-methyl/N-ethyl adjacent to an activating group) is 1. The number of rotatable bonds is 7. The minimum Gasteiger partial charge on any atom is -0.649 e. The van der Waals surface area contributed by atoms with E-state index in [0.717, 1.165) is 96.8 Å². The zero-order chi connectivity index (χ0) is 40.2. The van der Waals surface area contributed by atoms with Crippen LogP contribution in [0.4, 0.5) is 0 Å². The first-order valence-corrected chi connectivity index (χ1v) is 21.8. The number of hydrogen-bond acceptors (Lipinski definition) is 13. The summed E-state index contributed by atoms with van der Waals surface area (Å²) in [5.41, 5.74) is 0. The summed E-state index contributed by atoms with van der Waals surface area (Å²) in [4.78, 5) is 2.32. The first-order valence-electron chi connectivity index (χ1n) is 21.8. The fraction of sp³-hybridized carbons (Fsp3) is 1.00. The molecular formula is C41H79Mn3N2O13-. The average Bonchev–Trinajstić information content (AvgIpc) is 3.71. The third-order valence-electron chi connectivity index (χ3n) is 15.0. The Morgan fingerprint density at radius 2 is 0.593 bits per heavy atom. The first kappa shape index (κ1) is 60.0. The summed E-state index contributed by atoms with van der Waals surface area (Å²) in [7, 11) is 0. The Balaban J connectivity index is 0.000000766. The van der Waals surface area contributed by atoms with Crippen molar-refractivity contribution >= 4 is 0 Å². The molecule has 1 saturated heterocycles. The second kappa shape index (κ2) is 30.2. The van der Waals surface area contributed by atoms with Crippen molar-refractivity contribution in [2.45, 2.75) is 160 Å². The van der Waals surface area contributed by atoms with Crippen molar-refractivity contribution in [3.8, 4) is 0 Å². The smallest absolute Gasteiger partial charge is 0.154 e. The van der Waals surface area contributed by atoms with Gasteiger partial charge in [0, 0.05) is 86.7 Å². The van der Waals surface area contributed by atoms with Gasteiger partial charge in [-0.25, -0.2) is 0 Å². The molecule has 15 nitrogen and oxygen atoms in total. The Morgan fingerprint density at radius 1 is 0.390 bits per heavy atom. The van der Waals surface area contributed by atoms with E-state index in [2.05, 4.69) is 17.1 Å². The van der Waals surface area contributed by atoms with Crippen molar-refractivity contribution in [3.63, 3.8) is 0 Å². The zero-order valence-corrected chi connectivity index (χ0v) is 38.4. The van der Waals surface area contributed by atoms with Crippen LogP contribution in [0.25, 0.3) is 5.32 Å². The van der Waals surface area contributed by atoms with E-state index in [0.29, 0.717) is 38.5 Å². The van der Waals surface area contributed by atoms with Gasteiger partial charge >= 0.3 is 0 Å². The molecule has 7 fully saturated rings. The molecule has 59 heavy (non-hydrogen) atoms. The van der Waals surface area contributed by atoms with Gasteiger partial charge < -0.3 is 77.0 Å². The Kier molecular flexibility index (Phi) is 30.7. The minimum atomic E-state index is -1.25. The molecule has 7 rings (SSSR count). The molecule has 6 aliphatic carbocycles. The van der Waals surface area contributed by atoms with Gasteiger partial charge in [-0.15, -0.1) is 6.54 Å². The average molecular weight is 973 g/mol. The number of aliphatic hydroxyl groups is 12. The molecule has 14 N–H and O–H groups in total. The van der Waals surface area contributed by atoms with E-state index >= 15 is 0 Å². The van der Waals surface area contributed by atoms with Gasteiger partial charge in [0.1, 0.15) is 0 Å². The van der Waals surface area contributed by atoms with Gasteiger partial charge in [0.25, 0.3) is 0 Å². The van der Waals surface area contributed by atoms with Gasteiger partial charge in [-0.05, 0) is 126 Å². The molecule has 7 aliphatic rings. The maximum Gasteiger partial charge on any atom is 0.154 e. The quantitative estimate of drug-likeness (QED) is 0.126. The third-order valence-corrected chi connectivity index (χ3v) is 15.0. The van der Waals surface area contributed by atoms with E-state index in [1.807, 2.05) is 0 Å². The zero-order valence-electron chi connectivity index (χ0n) is 34.8. The fourth-order valence-electron chi connectivity index (χ4n) is 12.2. The van der Waals surface area contributed by atoms with Gasteiger partial charge in [0.2, 0.25) is 0 Å². The Labute approximate surface area is 383 Å². The van der Waals surface area contributed by atoms with Crippen LogP contribution in [0, 0.1) is 71.0 Å². The maximum atomic E-state index is 9.37. The first-order chi connectivity index (χ1) is 26.3. The van der Waals surface area contributed by atoms with Crippen LogP contribution >= 0.6 is 0 Å². The van der Waals surface area contributed by atoms with Crippen LogP contribution in [0.5, 0.6) is 0 Å². The van der Waals surface area contributed by atoms with E-state index < -0.39 is 37.7 Å². The monoisotopic (exact) mass is 972 g/mol. The molecular weight excluding hydrogens is 893 g/mol. The molecule has 12 unspecified atom stereocenters. The van der Waals surface area contributed by atoms with E-state index in [-0.39, 0.29) is 128 Å². The van der Waals surface area contributed by atoms with Crippen LogP contribution in [0.3, 0.4) is 0 Å². The molecule has 353 valence electrons. The van der Waals surface area contributed by atoms with Crippen molar-refractivity contribution in [1.82, 2.24) is 4.90 Å².